The van der Waals surface area contributed by atoms with Crippen LogP contribution in [0, 0.1) is 0 Å². The van der Waals surface area contributed by atoms with Gasteiger partial charge in [-0.25, -0.2) is 4.79 Å². The quantitative estimate of drug-likeness (QED) is 0.113. The zero-order chi connectivity index (χ0) is 27.0. The summed E-state index contributed by atoms with van der Waals surface area (Å²) in [5, 5.41) is 0.680. The van der Waals surface area contributed by atoms with E-state index < -0.39 is 5.63 Å². The largest absolute Gasteiger partial charge is 0.490 e. The van der Waals surface area contributed by atoms with Crippen molar-refractivity contribution in [1.29, 1.82) is 0 Å². The number of rotatable bonds is 18. The van der Waals surface area contributed by atoms with Crippen LogP contribution in [0.5, 0.6) is 17.2 Å². The van der Waals surface area contributed by atoms with E-state index in [0.29, 0.717) is 35.7 Å². The first-order valence-electron chi connectivity index (χ1n) is 14.1. The van der Waals surface area contributed by atoms with Crippen LogP contribution < -0.4 is 19.8 Å². The molecule has 2 rings (SSSR count). The minimum atomic E-state index is -0.552. The summed E-state index contributed by atoms with van der Waals surface area (Å²) in [5.74, 6) is 1.08. The molecule has 0 unspecified atom stereocenters. The zero-order valence-corrected chi connectivity index (χ0v) is 24.0. The normalized spacial score (nSPS) is 11.7. The third-order valence-corrected chi connectivity index (χ3v) is 6.17. The Hall–Kier alpha value is -2.69. The molecule has 1 aromatic heterocycles. The SMILES string of the molecule is CCCCCCCCCCOc1cccc2c(OCC=C(C)CCC=C(C)C)c(OC(C)C)c(=O)oc12. The second kappa shape index (κ2) is 16.9. The van der Waals surface area contributed by atoms with Crippen molar-refractivity contribution in [2.24, 2.45) is 0 Å². The van der Waals surface area contributed by atoms with Gasteiger partial charge < -0.3 is 18.6 Å². The molecule has 0 N–H and O–H groups in total. The zero-order valence-electron chi connectivity index (χ0n) is 24.0. The van der Waals surface area contributed by atoms with Gasteiger partial charge in [0.2, 0.25) is 5.75 Å². The molecule has 0 amide bonds. The maximum absolute atomic E-state index is 12.9. The molecule has 5 heteroatoms. The Balaban J connectivity index is 2.12. The lowest BCUT2D eigenvalue weighted by molar-refractivity contribution is 0.216. The van der Waals surface area contributed by atoms with Gasteiger partial charge in [0.15, 0.2) is 17.1 Å². The Morgan fingerprint density at radius 2 is 1.62 bits per heavy atom. The highest BCUT2D eigenvalue weighted by atomic mass is 16.5. The molecule has 0 spiro atoms. The van der Waals surface area contributed by atoms with E-state index in [1.807, 2.05) is 32.0 Å². The molecule has 1 aromatic carbocycles. The van der Waals surface area contributed by atoms with Gasteiger partial charge in [0.25, 0.3) is 0 Å². The molecule has 2 aromatic rings. The predicted molar refractivity (Wildman–Crippen MR) is 154 cm³/mol. The third-order valence-electron chi connectivity index (χ3n) is 6.17. The van der Waals surface area contributed by atoms with Gasteiger partial charge in [-0.15, -0.1) is 0 Å². The predicted octanol–water partition coefficient (Wildman–Crippen LogP) is 9.17. The molecular formula is C32H48O5. The fourth-order valence-electron chi connectivity index (χ4n) is 4.12. The Bertz CT molecular complexity index is 1060. The lowest BCUT2D eigenvalue weighted by Gasteiger charge is -2.16. The summed E-state index contributed by atoms with van der Waals surface area (Å²) in [6, 6.07) is 5.63. The van der Waals surface area contributed by atoms with Gasteiger partial charge in [0, 0.05) is 0 Å². The van der Waals surface area contributed by atoms with Crippen LogP contribution in [0.4, 0.5) is 0 Å². The lowest BCUT2D eigenvalue weighted by atomic mass is 10.1. The van der Waals surface area contributed by atoms with Crippen molar-refractivity contribution in [3.8, 4) is 17.2 Å². The number of para-hydroxylation sites is 1. The Labute approximate surface area is 223 Å². The summed E-state index contributed by atoms with van der Waals surface area (Å²) < 4.78 is 23.7. The molecule has 0 atom stereocenters. The second-order valence-electron chi connectivity index (χ2n) is 10.4. The number of unbranched alkanes of at least 4 members (excludes halogenated alkanes) is 7. The van der Waals surface area contributed by atoms with Crippen LogP contribution in [0.3, 0.4) is 0 Å². The van der Waals surface area contributed by atoms with Crippen LogP contribution in [0.25, 0.3) is 11.0 Å². The van der Waals surface area contributed by atoms with Crippen LogP contribution in [0.2, 0.25) is 0 Å². The highest BCUT2D eigenvalue weighted by molar-refractivity contribution is 5.89. The Morgan fingerprint density at radius 1 is 0.919 bits per heavy atom. The Morgan fingerprint density at radius 3 is 2.30 bits per heavy atom. The van der Waals surface area contributed by atoms with E-state index in [0.717, 1.165) is 25.7 Å². The molecule has 1 heterocycles. The molecule has 0 aliphatic rings. The second-order valence-corrected chi connectivity index (χ2v) is 10.4. The van der Waals surface area contributed by atoms with Crippen LogP contribution >= 0.6 is 0 Å². The minimum absolute atomic E-state index is 0.110. The molecule has 0 saturated carbocycles. The molecule has 206 valence electrons. The first-order valence-corrected chi connectivity index (χ1v) is 14.1. The number of fused-ring (bicyclic) bond motifs is 1. The first-order chi connectivity index (χ1) is 17.8. The van der Waals surface area contributed by atoms with Crippen LogP contribution in [0.15, 0.2) is 50.7 Å². The minimum Gasteiger partial charge on any atom is -0.490 e. The van der Waals surface area contributed by atoms with Gasteiger partial charge in [-0.2, -0.15) is 0 Å². The molecular weight excluding hydrogens is 464 g/mol. The van der Waals surface area contributed by atoms with Gasteiger partial charge in [0.05, 0.1) is 18.1 Å². The van der Waals surface area contributed by atoms with Crippen molar-refractivity contribution in [3.63, 3.8) is 0 Å². The van der Waals surface area contributed by atoms with Crippen LogP contribution in [-0.2, 0) is 0 Å². The summed E-state index contributed by atoms with van der Waals surface area (Å²) in [6.07, 6.45) is 16.0. The van der Waals surface area contributed by atoms with Crippen LogP contribution in [0.1, 0.15) is 106 Å². The van der Waals surface area contributed by atoms with E-state index >= 15 is 0 Å². The standard InChI is InChI=1S/C32H48O5/c1-7-8-9-10-11-12-13-14-22-34-28-20-16-19-27-29(28)37-32(33)31(36-25(4)5)30(27)35-23-21-26(6)18-15-17-24(2)3/h16-17,19-21,25H,7-15,18,22-23H2,1-6H3. The summed E-state index contributed by atoms with van der Waals surface area (Å²) in [4.78, 5) is 12.9. The van der Waals surface area contributed by atoms with Gasteiger partial charge >= 0.3 is 5.63 Å². The van der Waals surface area contributed by atoms with Gasteiger partial charge in [-0.1, -0.05) is 75.2 Å². The van der Waals surface area contributed by atoms with E-state index in [4.69, 9.17) is 18.6 Å². The maximum atomic E-state index is 12.9. The summed E-state index contributed by atoms with van der Waals surface area (Å²) in [7, 11) is 0. The molecule has 0 radical (unpaired) electrons. The summed E-state index contributed by atoms with van der Waals surface area (Å²) >= 11 is 0. The fourth-order valence-corrected chi connectivity index (χ4v) is 4.12. The summed E-state index contributed by atoms with van der Waals surface area (Å²) in [5.41, 5.74) is 2.42. The van der Waals surface area contributed by atoms with Gasteiger partial charge in [0.1, 0.15) is 6.61 Å². The molecule has 5 nitrogen and oxygen atoms in total. The summed E-state index contributed by atoms with van der Waals surface area (Å²) in [6.45, 7) is 13.3. The van der Waals surface area contributed by atoms with E-state index in [-0.39, 0.29) is 11.9 Å². The average molecular weight is 513 g/mol. The van der Waals surface area contributed by atoms with Crippen molar-refractivity contribution in [2.45, 2.75) is 112 Å². The molecule has 0 bridgehead atoms. The lowest BCUT2D eigenvalue weighted by Crippen LogP contribution is -2.15. The number of hydrogen-bond acceptors (Lipinski definition) is 5. The maximum Gasteiger partial charge on any atom is 0.383 e. The van der Waals surface area contributed by atoms with E-state index in [9.17, 15) is 4.79 Å². The monoisotopic (exact) mass is 512 g/mol. The van der Waals surface area contributed by atoms with Crippen LogP contribution in [-0.4, -0.2) is 19.3 Å². The van der Waals surface area contributed by atoms with E-state index in [2.05, 4.69) is 39.8 Å². The Kier molecular flexibility index (Phi) is 14.0. The van der Waals surface area contributed by atoms with Crippen molar-refractivity contribution in [1.82, 2.24) is 0 Å². The number of benzene rings is 1. The highest BCUT2D eigenvalue weighted by Crippen LogP contribution is 2.37. The van der Waals surface area contributed by atoms with E-state index in [1.54, 1.807) is 0 Å². The van der Waals surface area contributed by atoms with Crippen molar-refractivity contribution < 1.29 is 18.6 Å². The number of hydrogen-bond donors (Lipinski definition) is 0. The average Bonchev–Trinajstić information content (AvgIpc) is 2.84. The van der Waals surface area contributed by atoms with E-state index in [1.165, 1.54) is 49.7 Å². The smallest absolute Gasteiger partial charge is 0.383 e. The molecule has 0 fully saturated rings. The molecule has 37 heavy (non-hydrogen) atoms. The molecule has 0 saturated heterocycles. The highest BCUT2D eigenvalue weighted by Gasteiger charge is 2.21. The topological polar surface area (TPSA) is 57.9 Å². The number of ether oxygens (including phenoxy) is 3. The molecule has 0 aliphatic heterocycles. The number of allylic oxidation sites excluding steroid dienone is 3. The fraction of sp³-hybridized carbons (Fsp3) is 0.594. The van der Waals surface area contributed by atoms with Gasteiger partial charge in [-0.3, -0.25) is 0 Å². The first kappa shape index (κ1) is 30.5. The van der Waals surface area contributed by atoms with Crippen molar-refractivity contribution >= 4 is 11.0 Å². The van der Waals surface area contributed by atoms with Crippen molar-refractivity contribution in [3.05, 3.63) is 51.9 Å². The van der Waals surface area contributed by atoms with Crippen molar-refractivity contribution in [2.75, 3.05) is 13.2 Å². The molecule has 0 aliphatic carbocycles. The van der Waals surface area contributed by atoms with Gasteiger partial charge in [-0.05, 0) is 72.1 Å². The third kappa shape index (κ3) is 11.1.